The molecule has 1 aliphatic carbocycles. The van der Waals surface area contributed by atoms with Crippen LogP contribution >= 0.6 is 11.3 Å². The summed E-state index contributed by atoms with van der Waals surface area (Å²) < 4.78 is 0. The smallest absolute Gasteiger partial charge is 0.226 e. The van der Waals surface area contributed by atoms with Crippen LogP contribution in [0.2, 0.25) is 0 Å². The van der Waals surface area contributed by atoms with Gasteiger partial charge in [-0.05, 0) is 38.5 Å². The largest absolute Gasteiger partial charge is 0.392 e. The molecular weight excluding hydrogens is 334 g/mol. The molecule has 3 aliphatic rings. The van der Waals surface area contributed by atoms with Crippen molar-refractivity contribution < 1.29 is 9.90 Å². The molecule has 0 aromatic carbocycles. The van der Waals surface area contributed by atoms with Crippen LogP contribution in [-0.4, -0.2) is 53.2 Å². The summed E-state index contributed by atoms with van der Waals surface area (Å²) in [7, 11) is 0. The van der Waals surface area contributed by atoms with Gasteiger partial charge in [0, 0.05) is 49.6 Å². The maximum atomic E-state index is 12.8. The fourth-order valence-corrected chi connectivity index (χ4v) is 5.33. The van der Waals surface area contributed by atoms with E-state index in [0.717, 1.165) is 56.9 Å². The molecule has 2 aliphatic heterocycles. The molecule has 2 atom stereocenters. The first-order valence-electron chi connectivity index (χ1n) is 9.44. The molecule has 1 amide bonds. The minimum Gasteiger partial charge on any atom is -0.392 e. The number of piperidine rings is 2. The van der Waals surface area contributed by atoms with Crippen LogP contribution in [0, 0.1) is 5.41 Å². The molecule has 4 rings (SSSR count). The van der Waals surface area contributed by atoms with Crippen LogP contribution in [0.3, 0.4) is 0 Å². The number of carbonyl (C=O) groups is 1. The number of hydrogen-bond donors (Lipinski definition) is 1. The molecule has 2 saturated heterocycles. The summed E-state index contributed by atoms with van der Waals surface area (Å²) in [4.78, 5) is 21.5. The second-order valence-corrected chi connectivity index (χ2v) is 8.63. The number of nitrogens with zero attached hydrogens (tertiary/aromatic N) is 3. The van der Waals surface area contributed by atoms with Gasteiger partial charge in [-0.1, -0.05) is 11.6 Å². The quantitative estimate of drug-likeness (QED) is 0.841. The molecule has 6 heteroatoms. The number of carbonyl (C=O) groups excluding carboxylic acids is 1. The first-order chi connectivity index (χ1) is 12.2. The number of aromatic nitrogens is 1. The Kier molecular flexibility index (Phi) is 4.82. The third-order valence-corrected chi connectivity index (χ3v) is 6.88. The van der Waals surface area contributed by atoms with Crippen molar-refractivity contribution in [3.05, 3.63) is 23.2 Å². The Morgan fingerprint density at radius 2 is 2.28 bits per heavy atom. The van der Waals surface area contributed by atoms with Gasteiger partial charge in [-0.15, -0.1) is 11.3 Å². The summed E-state index contributed by atoms with van der Waals surface area (Å²) >= 11 is 1.65. The van der Waals surface area contributed by atoms with Crippen LogP contribution < -0.4 is 4.90 Å². The number of aliphatic hydroxyl groups excluding tert-OH is 1. The highest BCUT2D eigenvalue weighted by molar-refractivity contribution is 7.13. The highest BCUT2D eigenvalue weighted by Gasteiger charge is 2.46. The molecule has 136 valence electrons. The van der Waals surface area contributed by atoms with Crippen LogP contribution in [0.25, 0.3) is 0 Å². The van der Waals surface area contributed by atoms with Crippen molar-refractivity contribution >= 4 is 22.4 Å². The lowest BCUT2D eigenvalue weighted by Gasteiger charge is -2.51. The minimum atomic E-state index is -0.329. The Balaban J connectivity index is 1.46. The van der Waals surface area contributed by atoms with Crippen molar-refractivity contribution in [2.24, 2.45) is 5.41 Å². The number of thiazole rings is 1. The number of likely N-dealkylation sites (tertiary alicyclic amines) is 1. The molecule has 0 bridgehead atoms. The van der Waals surface area contributed by atoms with Gasteiger partial charge >= 0.3 is 0 Å². The van der Waals surface area contributed by atoms with Gasteiger partial charge in [0.15, 0.2) is 5.13 Å². The fourth-order valence-electron chi connectivity index (χ4n) is 4.66. The topological polar surface area (TPSA) is 56.7 Å². The first kappa shape index (κ1) is 17.0. The highest BCUT2D eigenvalue weighted by Crippen LogP contribution is 2.40. The van der Waals surface area contributed by atoms with Crippen LogP contribution in [0.5, 0.6) is 0 Å². The minimum absolute atomic E-state index is 0.206. The highest BCUT2D eigenvalue weighted by atomic mass is 32.1. The molecule has 0 saturated carbocycles. The van der Waals surface area contributed by atoms with Crippen molar-refractivity contribution in [1.82, 2.24) is 9.88 Å². The van der Waals surface area contributed by atoms with Crippen molar-refractivity contribution in [3.8, 4) is 0 Å². The Bertz CT molecular complexity index is 645. The summed E-state index contributed by atoms with van der Waals surface area (Å²) in [6.07, 6.45) is 10.4. The molecule has 1 aromatic rings. The predicted molar refractivity (Wildman–Crippen MR) is 99.7 cm³/mol. The molecular formula is C19H27N3O2S. The predicted octanol–water partition coefficient (Wildman–Crippen LogP) is 2.82. The summed E-state index contributed by atoms with van der Waals surface area (Å²) in [6, 6.07) is 0. The van der Waals surface area contributed by atoms with Crippen LogP contribution in [0.4, 0.5) is 5.13 Å². The molecule has 25 heavy (non-hydrogen) atoms. The number of hydrogen-bond acceptors (Lipinski definition) is 5. The number of allylic oxidation sites excluding steroid dienone is 1. The van der Waals surface area contributed by atoms with E-state index in [-0.39, 0.29) is 17.4 Å². The molecule has 1 N–H and O–H groups in total. The summed E-state index contributed by atoms with van der Waals surface area (Å²) in [5.41, 5.74) is 1.10. The number of amides is 1. The monoisotopic (exact) mass is 361 g/mol. The molecule has 0 radical (unpaired) electrons. The van der Waals surface area contributed by atoms with E-state index in [4.69, 9.17) is 0 Å². The van der Waals surface area contributed by atoms with Gasteiger partial charge in [0.25, 0.3) is 0 Å². The number of anilines is 1. The second kappa shape index (κ2) is 7.08. The molecule has 2 fully saturated rings. The van der Waals surface area contributed by atoms with E-state index in [2.05, 4.69) is 16.0 Å². The van der Waals surface area contributed by atoms with Gasteiger partial charge in [0.2, 0.25) is 5.91 Å². The standard InChI is InChI=1S/C19H27N3O2S/c23-16-6-10-22(18-20-8-11-25-18)14-19(16)7-3-9-21(13-19)17(24)12-15-4-1-2-5-15/h4,8,11,16,23H,1-3,5-7,9-10,12-14H2/t16-,19+/m1/s1. The Morgan fingerprint density at radius 3 is 3.04 bits per heavy atom. The van der Waals surface area contributed by atoms with E-state index >= 15 is 0 Å². The zero-order valence-electron chi connectivity index (χ0n) is 14.7. The number of aliphatic hydroxyl groups is 1. The molecule has 3 heterocycles. The van der Waals surface area contributed by atoms with Crippen molar-refractivity contribution in [2.45, 2.75) is 51.0 Å². The van der Waals surface area contributed by atoms with E-state index < -0.39 is 0 Å². The lowest BCUT2D eigenvalue weighted by atomic mass is 9.71. The van der Waals surface area contributed by atoms with E-state index in [1.807, 2.05) is 16.5 Å². The summed E-state index contributed by atoms with van der Waals surface area (Å²) in [5, 5.41) is 13.8. The lowest BCUT2D eigenvalue weighted by molar-refractivity contribution is -0.137. The second-order valence-electron chi connectivity index (χ2n) is 7.75. The van der Waals surface area contributed by atoms with Crippen LogP contribution in [0.15, 0.2) is 23.2 Å². The van der Waals surface area contributed by atoms with Crippen LogP contribution in [-0.2, 0) is 4.79 Å². The SMILES string of the molecule is O=C(CC1=CCCC1)N1CCC[C@]2(C1)CN(c1nccs1)CC[C@H]2O. The van der Waals surface area contributed by atoms with Crippen LogP contribution in [0.1, 0.15) is 44.9 Å². The molecule has 1 aromatic heterocycles. The average Bonchev–Trinajstić information content (AvgIpc) is 3.31. The molecule has 5 nitrogen and oxygen atoms in total. The fraction of sp³-hybridized carbons (Fsp3) is 0.684. The van der Waals surface area contributed by atoms with E-state index in [9.17, 15) is 9.90 Å². The number of rotatable bonds is 3. The zero-order valence-corrected chi connectivity index (χ0v) is 15.5. The van der Waals surface area contributed by atoms with Gasteiger partial charge in [-0.3, -0.25) is 4.79 Å². The van der Waals surface area contributed by atoms with E-state index in [0.29, 0.717) is 13.0 Å². The van der Waals surface area contributed by atoms with E-state index in [1.165, 1.54) is 12.0 Å². The Morgan fingerprint density at radius 1 is 1.36 bits per heavy atom. The van der Waals surface area contributed by atoms with Gasteiger partial charge < -0.3 is 14.9 Å². The van der Waals surface area contributed by atoms with Gasteiger partial charge in [-0.2, -0.15) is 0 Å². The Labute approximate surface area is 153 Å². The molecule has 0 unspecified atom stereocenters. The van der Waals surface area contributed by atoms with Gasteiger partial charge in [0.1, 0.15) is 0 Å². The summed E-state index contributed by atoms with van der Waals surface area (Å²) in [5.74, 6) is 0.241. The lowest BCUT2D eigenvalue weighted by Crippen LogP contribution is -2.60. The summed E-state index contributed by atoms with van der Waals surface area (Å²) in [6.45, 7) is 3.16. The Hall–Kier alpha value is -1.40. The average molecular weight is 362 g/mol. The van der Waals surface area contributed by atoms with Gasteiger partial charge in [-0.25, -0.2) is 4.98 Å². The van der Waals surface area contributed by atoms with Crippen molar-refractivity contribution in [1.29, 1.82) is 0 Å². The third kappa shape index (κ3) is 3.47. The maximum absolute atomic E-state index is 12.8. The van der Waals surface area contributed by atoms with Gasteiger partial charge in [0.05, 0.1) is 6.10 Å². The van der Waals surface area contributed by atoms with Crippen molar-refractivity contribution in [2.75, 3.05) is 31.1 Å². The van der Waals surface area contributed by atoms with E-state index in [1.54, 1.807) is 11.3 Å². The zero-order chi connectivity index (χ0) is 17.3. The van der Waals surface area contributed by atoms with Crippen molar-refractivity contribution in [3.63, 3.8) is 0 Å². The third-order valence-electron chi connectivity index (χ3n) is 6.05. The molecule has 1 spiro atoms. The maximum Gasteiger partial charge on any atom is 0.226 e. The first-order valence-corrected chi connectivity index (χ1v) is 10.3. The normalized spacial score (nSPS) is 30.0.